The summed E-state index contributed by atoms with van der Waals surface area (Å²) < 4.78 is 18.7. The number of hydrogen-bond acceptors (Lipinski definition) is 8. The molecule has 9 heteroatoms. The Kier molecular flexibility index (Phi) is 6.77. The number of benzene rings is 1. The van der Waals surface area contributed by atoms with Crippen LogP contribution in [0, 0.1) is 6.92 Å². The monoisotopic (exact) mass is 498 g/mol. The Morgan fingerprint density at radius 1 is 1.18 bits per heavy atom. The standard InChI is InChI=1S/C25H26N2O5S2/c1-13(2)32-24(29)21-15(4)26-25-27(22(21)17-11-16(30-5)7-8-18(17)31-6)23(28)20(34-25)12-19-14(3)9-10-33-19/h7-13,22H,1-6H3/b20-12-/t22-/m1/s1. The second-order valence-corrected chi connectivity index (χ2v) is 10.1. The summed E-state index contributed by atoms with van der Waals surface area (Å²) in [6.45, 7) is 7.34. The predicted octanol–water partition coefficient (Wildman–Crippen LogP) is 3.57. The van der Waals surface area contributed by atoms with Gasteiger partial charge < -0.3 is 14.2 Å². The van der Waals surface area contributed by atoms with E-state index in [9.17, 15) is 9.59 Å². The zero-order chi connectivity index (χ0) is 24.6. The highest BCUT2D eigenvalue weighted by molar-refractivity contribution is 7.11. The molecule has 2 aromatic heterocycles. The number of rotatable bonds is 6. The van der Waals surface area contributed by atoms with Gasteiger partial charge in [-0.1, -0.05) is 11.3 Å². The fraction of sp³-hybridized carbons (Fsp3) is 0.320. The van der Waals surface area contributed by atoms with Crippen LogP contribution in [-0.2, 0) is 9.53 Å². The number of carbonyl (C=O) groups excluding carboxylic acids is 1. The third kappa shape index (κ3) is 4.33. The van der Waals surface area contributed by atoms with Crippen LogP contribution in [0.1, 0.15) is 42.8 Å². The van der Waals surface area contributed by atoms with Gasteiger partial charge >= 0.3 is 5.97 Å². The molecule has 3 aromatic rings. The fourth-order valence-corrected chi connectivity index (χ4v) is 5.82. The number of aryl methyl sites for hydroxylation is 1. The molecule has 0 fully saturated rings. The van der Waals surface area contributed by atoms with Crippen molar-refractivity contribution < 1.29 is 19.0 Å². The first kappa shape index (κ1) is 24.0. The predicted molar refractivity (Wildman–Crippen MR) is 134 cm³/mol. The molecular weight excluding hydrogens is 472 g/mol. The minimum absolute atomic E-state index is 0.228. The van der Waals surface area contributed by atoms with Crippen LogP contribution in [0.4, 0.5) is 0 Å². The van der Waals surface area contributed by atoms with Crippen LogP contribution in [-0.4, -0.2) is 30.9 Å². The average molecular weight is 499 g/mol. The van der Waals surface area contributed by atoms with Crippen molar-refractivity contribution in [1.29, 1.82) is 0 Å². The van der Waals surface area contributed by atoms with E-state index in [2.05, 4.69) is 4.99 Å². The van der Waals surface area contributed by atoms with Crippen molar-refractivity contribution in [2.45, 2.75) is 39.8 Å². The lowest BCUT2D eigenvalue weighted by Crippen LogP contribution is -2.40. The smallest absolute Gasteiger partial charge is 0.338 e. The molecule has 1 atom stereocenters. The highest BCUT2D eigenvalue weighted by atomic mass is 32.1. The van der Waals surface area contributed by atoms with Crippen molar-refractivity contribution in [2.24, 2.45) is 4.99 Å². The van der Waals surface area contributed by atoms with Crippen LogP contribution in [0.15, 0.2) is 50.7 Å². The zero-order valence-electron chi connectivity index (χ0n) is 19.9. The Morgan fingerprint density at radius 2 is 1.94 bits per heavy atom. The van der Waals surface area contributed by atoms with Crippen molar-refractivity contribution in [2.75, 3.05) is 14.2 Å². The summed E-state index contributed by atoms with van der Waals surface area (Å²) in [6, 6.07) is 6.56. The minimum atomic E-state index is -0.779. The maximum atomic E-state index is 13.7. The van der Waals surface area contributed by atoms with E-state index in [-0.39, 0.29) is 11.7 Å². The molecule has 7 nitrogen and oxygen atoms in total. The Balaban J connectivity index is 2.03. The normalized spacial score (nSPS) is 15.9. The maximum Gasteiger partial charge on any atom is 0.338 e. The average Bonchev–Trinajstić information content (AvgIpc) is 3.34. The number of esters is 1. The molecule has 0 spiro atoms. The topological polar surface area (TPSA) is 79.1 Å². The first-order chi connectivity index (χ1) is 16.2. The largest absolute Gasteiger partial charge is 0.497 e. The van der Waals surface area contributed by atoms with Crippen LogP contribution >= 0.6 is 22.7 Å². The second kappa shape index (κ2) is 9.60. The number of allylic oxidation sites excluding steroid dienone is 1. The Bertz CT molecular complexity index is 1460. The number of nitrogens with zero attached hydrogens (tertiary/aromatic N) is 2. The van der Waals surface area contributed by atoms with E-state index >= 15 is 0 Å². The van der Waals surface area contributed by atoms with Crippen LogP contribution in [0.5, 0.6) is 11.5 Å². The van der Waals surface area contributed by atoms with E-state index in [1.54, 1.807) is 69.1 Å². The number of hydrogen-bond donors (Lipinski definition) is 0. The molecular formula is C25H26N2O5S2. The SMILES string of the molecule is COc1ccc(OC)c([C@@H]2C(C(=O)OC(C)C)=C(C)N=c3s/c(=C\c4sccc4C)c(=O)n32)c1. The lowest BCUT2D eigenvalue weighted by molar-refractivity contribution is -0.143. The Hall–Kier alpha value is -3.17. The van der Waals surface area contributed by atoms with E-state index in [1.165, 1.54) is 11.3 Å². The summed E-state index contributed by atoms with van der Waals surface area (Å²) >= 11 is 2.87. The Morgan fingerprint density at radius 3 is 2.56 bits per heavy atom. The van der Waals surface area contributed by atoms with Gasteiger partial charge in [-0.25, -0.2) is 9.79 Å². The number of ether oxygens (including phenoxy) is 3. The number of carbonyl (C=O) groups is 1. The van der Waals surface area contributed by atoms with Gasteiger partial charge in [-0.3, -0.25) is 9.36 Å². The summed E-state index contributed by atoms with van der Waals surface area (Å²) in [7, 11) is 3.12. The van der Waals surface area contributed by atoms with Crippen LogP contribution in [0.2, 0.25) is 0 Å². The van der Waals surface area contributed by atoms with E-state index in [1.807, 2.05) is 24.4 Å². The molecule has 0 saturated carbocycles. The lowest BCUT2D eigenvalue weighted by atomic mass is 9.94. The van der Waals surface area contributed by atoms with E-state index in [4.69, 9.17) is 14.2 Å². The number of methoxy groups -OCH3 is 2. The summed E-state index contributed by atoms with van der Waals surface area (Å²) in [4.78, 5) is 33.1. The lowest BCUT2D eigenvalue weighted by Gasteiger charge is -2.26. The van der Waals surface area contributed by atoms with Gasteiger partial charge in [0.1, 0.15) is 17.5 Å². The Labute approximate surface area is 205 Å². The summed E-state index contributed by atoms with van der Waals surface area (Å²) in [5.41, 5.74) is 2.28. The fourth-order valence-electron chi connectivity index (χ4n) is 3.86. The second-order valence-electron chi connectivity index (χ2n) is 8.11. The van der Waals surface area contributed by atoms with Gasteiger partial charge in [-0.05, 0) is 69.0 Å². The zero-order valence-corrected chi connectivity index (χ0v) is 21.5. The van der Waals surface area contributed by atoms with Crippen molar-refractivity contribution in [3.05, 3.63) is 76.6 Å². The molecule has 1 aromatic carbocycles. The highest BCUT2D eigenvalue weighted by Crippen LogP contribution is 2.38. The van der Waals surface area contributed by atoms with Crippen molar-refractivity contribution in [1.82, 2.24) is 4.57 Å². The van der Waals surface area contributed by atoms with Gasteiger partial charge in [0.05, 0.1) is 36.1 Å². The highest BCUT2D eigenvalue weighted by Gasteiger charge is 2.35. The quantitative estimate of drug-likeness (QED) is 0.486. The molecule has 34 heavy (non-hydrogen) atoms. The molecule has 0 N–H and O–H groups in total. The number of aromatic nitrogens is 1. The van der Waals surface area contributed by atoms with Gasteiger partial charge in [0.15, 0.2) is 4.80 Å². The van der Waals surface area contributed by atoms with E-state index < -0.39 is 12.0 Å². The molecule has 0 radical (unpaired) electrons. The van der Waals surface area contributed by atoms with Crippen molar-refractivity contribution in [3.8, 4) is 11.5 Å². The summed E-state index contributed by atoms with van der Waals surface area (Å²) in [5, 5.41) is 1.99. The molecule has 0 unspecified atom stereocenters. The molecule has 0 amide bonds. The summed E-state index contributed by atoms with van der Waals surface area (Å²) in [6.07, 6.45) is 1.56. The van der Waals surface area contributed by atoms with E-state index in [0.29, 0.717) is 37.7 Å². The van der Waals surface area contributed by atoms with Gasteiger partial charge in [0.2, 0.25) is 0 Å². The van der Waals surface area contributed by atoms with Gasteiger partial charge in [-0.15, -0.1) is 11.3 Å². The molecule has 1 aliphatic rings. The maximum absolute atomic E-state index is 13.7. The van der Waals surface area contributed by atoms with Gasteiger partial charge in [-0.2, -0.15) is 0 Å². The molecule has 4 rings (SSSR count). The van der Waals surface area contributed by atoms with Crippen LogP contribution < -0.4 is 24.4 Å². The molecule has 3 heterocycles. The summed E-state index contributed by atoms with van der Waals surface area (Å²) in [5.74, 6) is 0.590. The van der Waals surface area contributed by atoms with Crippen molar-refractivity contribution in [3.63, 3.8) is 0 Å². The first-order valence-electron chi connectivity index (χ1n) is 10.7. The van der Waals surface area contributed by atoms with Crippen LogP contribution in [0.25, 0.3) is 6.08 Å². The molecule has 1 aliphatic heterocycles. The van der Waals surface area contributed by atoms with Crippen LogP contribution in [0.3, 0.4) is 0 Å². The third-order valence-electron chi connectivity index (χ3n) is 5.48. The van der Waals surface area contributed by atoms with Gasteiger partial charge in [0.25, 0.3) is 5.56 Å². The van der Waals surface area contributed by atoms with E-state index in [0.717, 1.165) is 10.4 Å². The molecule has 178 valence electrons. The minimum Gasteiger partial charge on any atom is -0.497 e. The van der Waals surface area contributed by atoms with Gasteiger partial charge in [0, 0.05) is 10.4 Å². The first-order valence-corrected chi connectivity index (χ1v) is 12.4. The number of thiophene rings is 1. The molecule has 0 bridgehead atoms. The molecule has 0 aliphatic carbocycles. The number of thiazole rings is 1. The van der Waals surface area contributed by atoms with Crippen molar-refractivity contribution >= 4 is 34.7 Å². The number of fused-ring (bicyclic) bond motifs is 1. The third-order valence-corrected chi connectivity index (χ3v) is 7.43. The molecule has 0 saturated heterocycles.